The Morgan fingerprint density at radius 2 is 1.61 bits per heavy atom. The van der Waals surface area contributed by atoms with Crippen molar-refractivity contribution in [2.75, 3.05) is 13.2 Å². The summed E-state index contributed by atoms with van der Waals surface area (Å²) < 4.78 is 91.1. The number of hydrogen-bond acceptors (Lipinski definition) is 5. The second-order valence-corrected chi connectivity index (χ2v) is 10.2. The standard InChI is InChI=1S/C28H32F6N2O5/c1-5-7-18-16-20(26(39,27(29,30)31)28(32,33)34)10-13-22(18)40-15-6-14-36-23(37)25(4,35-24(36)38)19-8-11-21(12-9-19)41-17(2)3/h8-13,16-17,39H,5-7,14-15H2,1-4H3,(H,35,38). The molecule has 3 rings (SSSR count). The monoisotopic (exact) mass is 590 g/mol. The summed E-state index contributed by atoms with van der Waals surface area (Å²) in [5.41, 5.74) is -7.13. The molecule has 0 aromatic heterocycles. The predicted octanol–water partition coefficient (Wildman–Crippen LogP) is 5.97. The first-order chi connectivity index (χ1) is 19.0. The zero-order valence-electron chi connectivity index (χ0n) is 22.9. The summed E-state index contributed by atoms with van der Waals surface area (Å²) in [5.74, 6) is 0.151. The first-order valence-electron chi connectivity index (χ1n) is 13.0. The molecule has 3 amide bonds. The molecular formula is C28H32F6N2O5. The Hall–Kier alpha value is -3.48. The number of halogens is 6. The van der Waals surface area contributed by atoms with E-state index in [1.54, 1.807) is 38.1 Å². The lowest BCUT2D eigenvalue weighted by Gasteiger charge is -2.33. The van der Waals surface area contributed by atoms with Crippen molar-refractivity contribution in [1.82, 2.24) is 10.2 Å². The molecule has 1 fully saturated rings. The molecule has 13 heteroatoms. The van der Waals surface area contributed by atoms with Crippen molar-refractivity contribution in [3.8, 4) is 11.5 Å². The van der Waals surface area contributed by atoms with Crippen LogP contribution in [0.15, 0.2) is 42.5 Å². The van der Waals surface area contributed by atoms with Crippen molar-refractivity contribution >= 4 is 11.9 Å². The van der Waals surface area contributed by atoms with E-state index in [1.165, 1.54) is 0 Å². The minimum absolute atomic E-state index is 0.0352. The van der Waals surface area contributed by atoms with E-state index in [9.17, 15) is 41.0 Å². The van der Waals surface area contributed by atoms with Gasteiger partial charge in [-0.05, 0) is 69.0 Å². The van der Waals surface area contributed by atoms with Crippen LogP contribution in [0.5, 0.6) is 11.5 Å². The summed E-state index contributed by atoms with van der Waals surface area (Å²) in [4.78, 5) is 26.8. The number of alkyl halides is 6. The number of nitrogens with zero attached hydrogens (tertiary/aromatic N) is 1. The van der Waals surface area contributed by atoms with Gasteiger partial charge in [0.15, 0.2) is 0 Å². The lowest BCUT2D eigenvalue weighted by Crippen LogP contribution is -2.53. The molecule has 1 unspecified atom stereocenters. The molecule has 1 atom stereocenters. The van der Waals surface area contributed by atoms with Crippen LogP contribution in [-0.4, -0.2) is 53.6 Å². The fourth-order valence-electron chi connectivity index (χ4n) is 4.54. The van der Waals surface area contributed by atoms with Gasteiger partial charge in [0.1, 0.15) is 17.0 Å². The topological polar surface area (TPSA) is 88.1 Å². The van der Waals surface area contributed by atoms with Crippen molar-refractivity contribution in [3.05, 3.63) is 59.2 Å². The molecule has 2 N–H and O–H groups in total. The van der Waals surface area contributed by atoms with Crippen molar-refractivity contribution in [1.29, 1.82) is 0 Å². The molecule has 0 aliphatic carbocycles. The summed E-state index contributed by atoms with van der Waals surface area (Å²) in [7, 11) is 0. The molecular weight excluding hydrogens is 558 g/mol. The summed E-state index contributed by atoms with van der Waals surface area (Å²) >= 11 is 0. The van der Waals surface area contributed by atoms with Crippen LogP contribution in [0, 0.1) is 0 Å². The number of hydrogen-bond donors (Lipinski definition) is 2. The van der Waals surface area contributed by atoms with E-state index in [0.29, 0.717) is 29.9 Å². The van der Waals surface area contributed by atoms with E-state index >= 15 is 0 Å². The lowest BCUT2D eigenvalue weighted by molar-refractivity contribution is -0.376. The van der Waals surface area contributed by atoms with Gasteiger partial charge in [-0.15, -0.1) is 0 Å². The number of rotatable bonds is 11. The second-order valence-electron chi connectivity index (χ2n) is 10.2. The summed E-state index contributed by atoms with van der Waals surface area (Å²) in [5, 5.41) is 12.4. The van der Waals surface area contributed by atoms with Gasteiger partial charge in [0, 0.05) is 12.1 Å². The van der Waals surface area contributed by atoms with Crippen LogP contribution in [0.2, 0.25) is 0 Å². The number of urea groups is 1. The van der Waals surface area contributed by atoms with Gasteiger partial charge in [-0.1, -0.05) is 31.5 Å². The lowest BCUT2D eigenvalue weighted by atomic mass is 9.90. The molecule has 41 heavy (non-hydrogen) atoms. The normalized spacial score (nSPS) is 18.2. The van der Waals surface area contributed by atoms with Crippen LogP contribution in [0.1, 0.15) is 57.2 Å². The van der Waals surface area contributed by atoms with Gasteiger partial charge in [-0.25, -0.2) is 4.79 Å². The molecule has 1 heterocycles. The van der Waals surface area contributed by atoms with Gasteiger partial charge < -0.3 is 19.9 Å². The molecule has 7 nitrogen and oxygen atoms in total. The minimum Gasteiger partial charge on any atom is -0.493 e. The molecule has 1 aliphatic heterocycles. The van der Waals surface area contributed by atoms with E-state index < -0.39 is 41.0 Å². The molecule has 2 aromatic carbocycles. The fourth-order valence-corrected chi connectivity index (χ4v) is 4.54. The molecule has 0 radical (unpaired) electrons. The molecule has 1 aliphatic rings. The zero-order chi connectivity index (χ0) is 30.8. The average molecular weight is 591 g/mol. The zero-order valence-corrected chi connectivity index (χ0v) is 22.9. The molecule has 0 saturated carbocycles. The predicted molar refractivity (Wildman–Crippen MR) is 136 cm³/mol. The molecule has 226 valence electrons. The third-order valence-corrected chi connectivity index (χ3v) is 6.68. The van der Waals surface area contributed by atoms with E-state index in [2.05, 4.69) is 5.32 Å². The second kappa shape index (κ2) is 11.8. The number of aryl methyl sites for hydroxylation is 1. The third-order valence-electron chi connectivity index (χ3n) is 6.68. The minimum atomic E-state index is -6.00. The Morgan fingerprint density at radius 1 is 1.00 bits per heavy atom. The van der Waals surface area contributed by atoms with Crippen LogP contribution in [-0.2, 0) is 22.4 Å². The highest BCUT2D eigenvalue weighted by atomic mass is 19.4. The summed E-state index contributed by atoms with van der Waals surface area (Å²) in [6, 6.07) is 8.24. The highest BCUT2D eigenvalue weighted by Crippen LogP contribution is 2.50. The van der Waals surface area contributed by atoms with Crippen LogP contribution in [0.25, 0.3) is 0 Å². The first kappa shape index (κ1) is 32.0. The van der Waals surface area contributed by atoms with Gasteiger partial charge in [-0.3, -0.25) is 9.69 Å². The number of aliphatic hydroxyl groups is 1. The van der Waals surface area contributed by atoms with Crippen molar-refractivity contribution in [3.63, 3.8) is 0 Å². The average Bonchev–Trinajstić information content (AvgIpc) is 3.09. The number of carbonyl (C=O) groups is 2. The van der Waals surface area contributed by atoms with Crippen molar-refractivity contribution < 1.29 is 50.5 Å². The van der Waals surface area contributed by atoms with E-state index in [4.69, 9.17) is 9.47 Å². The van der Waals surface area contributed by atoms with Crippen molar-refractivity contribution in [2.45, 2.75) is 76.6 Å². The maximum absolute atomic E-state index is 13.3. The first-order valence-corrected chi connectivity index (χ1v) is 13.0. The SMILES string of the molecule is CCCc1cc(C(O)(C(F)(F)F)C(F)(F)F)ccc1OCCCN1C(=O)NC(C)(c2ccc(OC(C)C)cc2)C1=O. The quantitative estimate of drug-likeness (QED) is 0.191. The number of imide groups is 1. The van der Waals surface area contributed by atoms with Gasteiger partial charge in [0.05, 0.1) is 12.7 Å². The van der Waals surface area contributed by atoms with Gasteiger partial charge >= 0.3 is 18.4 Å². The fraction of sp³-hybridized carbons (Fsp3) is 0.500. The Morgan fingerprint density at radius 3 is 2.15 bits per heavy atom. The molecule has 0 bridgehead atoms. The highest BCUT2D eigenvalue weighted by molar-refractivity contribution is 6.07. The third kappa shape index (κ3) is 6.39. The highest BCUT2D eigenvalue weighted by Gasteiger charge is 2.71. The number of ether oxygens (including phenoxy) is 2. The van der Waals surface area contributed by atoms with Crippen LogP contribution < -0.4 is 14.8 Å². The smallest absolute Gasteiger partial charge is 0.430 e. The van der Waals surface area contributed by atoms with Gasteiger partial charge in [-0.2, -0.15) is 26.3 Å². The maximum Gasteiger partial charge on any atom is 0.430 e. The van der Waals surface area contributed by atoms with E-state index in [0.717, 1.165) is 11.0 Å². The molecule has 0 spiro atoms. The van der Waals surface area contributed by atoms with Gasteiger partial charge in [0.2, 0.25) is 0 Å². The van der Waals surface area contributed by atoms with Crippen LogP contribution in [0.4, 0.5) is 31.1 Å². The largest absolute Gasteiger partial charge is 0.493 e. The van der Waals surface area contributed by atoms with Crippen molar-refractivity contribution in [2.24, 2.45) is 0 Å². The Labute approximate surface area is 233 Å². The number of amides is 3. The number of nitrogens with one attached hydrogen (secondary N) is 1. The van der Waals surface area contributed by atoms with E-state index in [1.807, 2.05) is 13.8 Å². The maximum atomic E-state index is 13.3. The Balaban J connectivity index is 1.69. The Bertz CT molecular complexity index is 1230. The number of benzene rings is 2. The van der Waals surface area contributed by atoms with Gasteiger partial charge in [0.25, 0.3) is 11.5 Å². The molecule has 2 aromatic rings. The molecule has 1 saturated heterocycles. The van der Waals surface area contributed by atoms with Crippen LogP contribution in [0.3, 0.4) is 0 Å². The number of carbonyl (C=O) groups excluding carboxylic acids is 2. The summed E-state index contributed by atoms with van der Waals surface area (Å²) in [6.07, 6.45) is -11.4. The van der Waals surface area contributed by atoms with Crippen LogP contribution >= 0.6 is 0 Å². The Kier molecular flexibility index (Phi) is 9.21. The van der Waals surface area contributed by atoms with E-state index in [-0.39, 0.29) is 43.4 Å². The summed E-state index contributed by atoms with van der Waals surface area (Å²) in [6.45, 7) is 6.86.